The fourth-order valence-electron chi connectivity index (χ4n) is 1.90. The summed E-state index contributed by atoms with van der Waals surface area (Å²) in [5, 5.41) is 3.43. The first-order valence-electron chi connectivity index (χ1n) is 6.04. The van der Waals surface area contributed by atoms with Crippen molar-refractivity contribution in [2.45, 2.75) is 19.4 Å². The van der Waals surface area contributed by atoms with Crippen LogP contribution in [0.15, 0.2) is 34.8 Å². The van der Waals surface area contributed by atoms with Crippen molar-refractivity contribution in [3.63, 3.8) is 0 Å². The van der Waals surface area contributed by atoms with E-state index in [2.05, 4.69) is 28.2 Å². The molecule has 1 aromatic carbocycles. The van der Waals surface area contributed by atoms with Gasteiger partial charge in [0.15, 0.2) is 0 Å². The first-order chi connectivity index (χ1) is 9.10. The molecule has 19 heavy (non-hydrogen) atoms. The molecule has 1 heterocycles. The lowest BCUT2D eigenvalue weighted by molar-refractivity contribution is 0.590. The highest BCUT2D eigenvalue weighted by Gasteiger charge is 2.16. The highest BCUT2D eigenvalue weighted by atomic mass is 79.9. The van der Waals surface area contributed by atoms with Crippen LogP contribution in [0.25, 0.3) is 0 Å². The second kappa shape index (κ2) is 6.84. The van der Waals surface area contributed by atoms with E-state index in [1.165, 1.54) is 17.4 Å². The number of hydrogen-bond donors (Lipinski definition) is 1. The standard InChI is InChI=1S/C14H14BrClFNS/c1-2-5-18-14(12-3-4-13(16)19-12)9-6-10(15)8-11(17)7-9/h3-4,6-8,14,18H,2,5H2,1H3. The van der Waals surface area contributed by atoms with Gasteiger partial charge in [0, 0.05) is 9.35 Å². The van der Waals surface area contributed by atoms with E-state index < -0.39 is 0 Å². The van der Waals surface area contributed by atoms with Gasteiger partial charge in [0.05, 0.1) is 10.4 Å². The number of nitrogens with one attached hydrogen (secondary N) is 1. The molecule has 1 atom stereocenters. The van der Waals surface area contributed by atoms with Crippen molar-refractivity contribution < 1.29 is 4.39 Å². The maximum Gasteiger partial charge on any atom is 0.124 e. The van der Waals surface area contributed by atoms with Gasteiger partial charge in [-0.1, -0.05) is 34.5 Å². The van der Waals surface area contributed by atoms with E-state index in [-0.39, 0.29) is 11.9 Å². The monoisotopic (exact) mass is 361 g/mol. The molecule has 1 unspecified atom stereocenters. The molecular weight excluding hydrogens is 349 g/mol. The summed E-state index contributed by atoms with van der Waals surface area (Å²) < 4.78 is 15.0. The van der Waals surface area contributed by atoms with Gasteiger partial charge in [-0.05, 0) is 48.9 Å². The maximum atomic E-state index is 13.6. The van der Waals surface area contributed by atoms with Gasteiger partial charge in [0.25, 0.3) is 0 Å². The molecule has 1 aromatic heterocycles. The Labute approximate surface area is 129 Å². The quantitative estimate of drug-likeness (QED) is 0.751. The molecule has 2 rings (SSSR count). The summed E-state index contributed by atoms with van der Waals surface area (Å²) >= 11 is 10.9. The Bertz CT molecular complexity index is 538. The molecule has 0 aliphatic heterocycles. The smallest absolute Gasteiger partial charge is 0.124 e. The maximum absolute atomic E-state index is 13.6. The summed E-state index contributed by atoms with van der Waals surface area (Å²) in [5.41, 5.74) is 0.902. The van der Waals surface area contributed by atoms with E-state index in [1.807, 2.05) is 18.2 Å². The Morgan fingerprint density at radius 1 is 1.37 bits per heavy atom. The minimum Gasteiger partial charge on any atom is -0.306 e. The lowest BCUT2D eigenvalue weighted by atomic mass is 10.1. The van der Waals surface area contributed by atoms with Crippen LogP contribution in [0.3, 0.4) is 0 Å². The lowest BCUT2D eigenvalue weighted by Crippen LogP contribution is -2.22. The lowest BCUT2D eigenvalue weighted by Gasteiger charge is -2.18. The topological polar surface area (TPSA) is 12.0 Å². The van der Waals surface area contributed by atoms with Crippen LogP contribution in [-0.4, -0.2) is 6.54 Å². The van der Waals surface area contributed by atoms with E-state index in [1.54, 1.807) is 6.07 Å². The summed E-state index contributed by atoms with van der Waals surface area (Å²) in [6.07, 6.45) is 1.02. The Morgan fingerprint density at radius 2 is 2.16 bits per heavy atom. The molecule has 2 aromatic rings. The van der Waals surface area contributed by atoms with Crippen molar-refractivity contribution in [3.8, 4) is 0 Å². The minimum absolute atomic E-state index is 0.0237. The molecular formula is C14H14BrClFNS. The number of hydrogen-bond acceptors (Lipinski definition) is 2. The Balaban J connectivity index is 2.36. The first kappa shape index (κ1) is 15.0. The zero-order valence-corrected chi connectivity index (χ0v) is 13.6. The van der Waals surface area contributed by atoms with Gasteiger partial charge >= 0.3 is 0 Å². The minimum atomic E-state index is -0.240. The van der Waals surface area contributed by atoms with Gasteiger partial charge < -0.3 is 5.32 Å². The fraction of sp³-hybridized carbons (Fsp3) is 0.286. The molecule has 0 aliphatic rings. The van der Waals surface area contributed by atoms with Crippen molar-refractivity contribution in [3.05, 3.63) is 55.4 Å². The van der Waals surface area contributed by atoms with Crippen LogP contribution in [0.5, 0.6) is 0 Å². The molecule has 0 spiro atoms. The molecule has 0 bridgehead atoms. The third kappa shape index (κ3) is 4.02. The number of halogens is 3. The van der Waals surface area contributed by atoms with Crippen molar-refractivity contribution >= 4 is 38.9 Å². The second-order valence-electron chi connectivity index (χ2n) is 4.23. The number of rotatable bonds is 5. The van der Waals surface area contributed by atoms with Crippen molar-refractivity contribution in [1.29, 1.82) is 0 Å². The molecule has 0 saturated carbocycles. The average Bonchev–Trinajstić information content (AvgIpc) is 2.75. The number of thiophene rings is 1. The number of benzene rings is 1. The Morgan fingerprint density at radius 3 is 2.74 bits per heavy atom. The highest BCUT2D eigenvalue weighted by Crippen LogP contribution is 2.32. The molecule has 0 aliphatic carbocycles. The van der Waals surface area contributed by atoms with E-state index in [9.17, 15) is 4.39 Å². The zero-order valence-electron chi connectivity index (χ0n) is 10.4. The predicted molar refractivity (Wildman–Crippen MR) is 83.6 cm³/mol. The fourth-order valence-corrected chi connectivity index (χ4v) is 3.54. The van der Waals surface area contributed by atoms with Crippen LogP contribution in [0.2, 0.25) is 4.34 Å². The van der Waals surface area contributed by atoms with Gasteiger partial charge in [0.2, 0.25) is 0 Å². The molecule has 0 radical (unpaired) electrons. The van der Waals surface area contributed by atoms with Crippen LogP contribution >= 0.6 is 38.9 Å². The first-order valence-corrected chi connectivity index (χ1v) is 8.03. The van der Waals surface area contributed by atoms with Crippen LogP contribution in [0.4, 0.5) is 4.39 Å². The summed E-state index contributed by atoms with van der Waals surface area (Å²) in [6, 6.07) is 8.79. The summed E-state index contributed by atoms with van der Waals surface area (Å²) in [7, 11) is 0. The van der Waals surface area contributed by atoms with E-state index in [0.29, 0.717) is 0 Å². The highest BCUT2D eigenvalue weighted by molar-refractivity contribution is 9.10. The average molecular weight is 363 g/mol. The summed E-state index contributed by atoms with van der Waals surface area (Å²) in [4.78, 5) is 1.09. The van der Waals surface area contributed by atoms with Crippen LogP contribution in [-0.2, 0) is 0 Å². The third-order valence-corrected chi connectivity index (χ3v) is 4.45. The van der Waals surface area contributed by atoms with Crippen molar-refractivity contribution in [1.82, 2.24) is 5.32 Å². The molecule has 102 valence electrons. The SMILES string of the molecule is CCCNC(c1cc(F)cc(Br)c1)c1ccc(Cl)s1. The molecule has 0 amide bonds. The van der Waals surface area contributed by atoms with Crippen LogP contribution in [0, 0.1) is 5.82 Å². The summed E-state index contributed by atoms with van der Waals surface area (Å²) in [6.45, 7) is 2.97. The molecule has 0 fully saturated rings. The Hall–Kier alpha value is -0.420. The van der Waals surface area contributed by atoms with E-state index in [4.69, 9.17) is 11.6 Å². The van der Waals surface area contributed by atoms with Crippen molar-refractivity contribution in [2.24, 2.45) is 0 Å². The van der Waals surface area contributed by atoms with Gasteiger partial charge in [-0.2, -0.15) is 0 Å². The van der Waals surface area contributed by atoms with E-state index >= 15 is 0 Å². The third-order valence-electron chi connectivity index (χ3n) is 2.70. The van der Waals surface area contributed by atoms with Crippen molar-refractivity contribution in [2.75, 3.05) is 6.54 Å². The molecule has 1 nitrogen and oxygen atoms in total. The van der Waals surface area contributed by atoms with E-state index in [0.717, 1.165) is 32.2 Å². The zero-order chi connectivity index (χ0) is 13.8. The molecule has 1 N–H and O–H groups in total. The molecule has 0 saturated heterocycles. The van der Waals surface area contributed by atoms with Crippen LogP contribution < -0.4 is 5.32 Å². The second-order valence-corrected chi connectivity index (χ2v) is 6.89. The van der Waals surface area contributed by atoms with Gasteiger partial charge in [-0.15, -0.1) is 11.3 Å². The largest absolute Gasteiger partial charge is 0.306 e. The van der Waals surface area contributed by atoms with Crippen LogP contribution in [0.1, 0.15) is 29.8 Å². The van der Waals surface area contributed by atoms with Gasteiger partial charge in [-0.3, -0.25) is 0 Å². The molecule has 5 heteroatoms. The predicted octanol–water partition coefficient (Wildman–Crippen LogP) is 5.39. The van der Waals surface area contributed by atoms with Gasteiger partial charge in [-0.25, -0.2) is 4.39 Å². The van der Waals surface area contributed by atoms with Gasteiger partial charge in [0.1, 0.15) is 5.82 Å². The summed E-state index contributed by atoms with van der Waals surface area (Å²) in [5.74, 6) is -0.240. The normalized spacial score (nSPS) is 12.6. The Kier molecular flexibility index (Phi) is 5.39.